The molecular weight excluding hydrogens is 404 g/mol. The molecule has 0 aliphatic heterocycles. The van der Waals surface area contributed by atoms with Crippen LogP contribution in [0.25, 0.3) is 11.4 Å². The first-order valence-corrected chi connectivity index (χ1v) is 11.0. The van der Waals surface area contributed by atoms with Gasteiger partial charge in [-0.25, -0.2) is 0 Å². The summed E-state index contributed by atoms with van der Waals surface area (Å²) in [4.78, 5) is 12.5. The fourth-order valence-electron chi connectivity index (χ4n) is 3.14. The highest BCUT2D eigenvalue weighted by Gasteiger charge is 2.17. The second-order valence-electron chi connectivity index (χ2n) is 6.93. The molecule has 0 saturated heterocycles. The largest absolute Gasteiger partial charge is 0.349 e. The van der Waals surface area contributed by atoms with Crippen molar-refractivity contribution < 1.29 is 4.79 Å². The maximum atomic E-state index is 12.5. The Balaban J connectivity index is 1.68. The molecule has 0 saturated carbocycles. The molecule has 1 aromatic heterocycles. The first kappa shape index (κ1) is 21.4. The minimum Gasteiger partial charge on any atom is -0.349 e. The molecule has 1 amide bonds. The number of hydrogen-bond donors (Lipinski definition) is 1. The van der Waals surface area contributed by atoms with Crippen LogP contribution in [0.1, 0.15) is 37.4 Å². The fraction of sp³-hybridized carbons (Fsp3) is 0.318. The van der Waals surface area contributed by atoms with E-state index in [0.29, 0.717) is 5.02 Å². The van der Waals surface area contributed by atoms with Gasteiger partial charge in [0.2, 0.25) is 5.91 Å². The number of carbonyl (C=O) groups is 1. The average molecular weight is 429 g/mol. The van der Waals surface area contributed by atoms with Crippen LogP contribution in [-0.4, -0.2) is 26.4 Å². The smallest absolute Gasteiger partial charge is 0.230 e. The lowest BCUT2D eigenvalue weighted by Gasteiger charge is -2.15. The number of nitrogens with one attached hydrogen (secondary N) is 1. The van der Waals surface area contributed by atoms with Gasteiger partial charge in [0.05, 0.1) is 11.8 Å². The van der Waals surface area contributed by atoms with Crippen LogP contribution in [-0.2, 0) is 11.3 Å². The Morgan fingerprint density at radius 3 is 2.72 bits per heavy atom. The minimum absolute atomic E-state index is 0.0643. The molecule has 1 heterocycles. The quantitative estimate of drug-likeness (QED) is 0.495. The Bertz CT molecular complexity index is 988. The highest BCUT2D eigenvalue weighted by Crippen LogP contribution is 2.26. The number of halogens is 1. The topological polar surface area (TPSA) is 59.8 Å². The molecule has 1 N–H and O–H groups in total. The van der Waals surface area contributed by atoms with Gasteiger partial charge in [-0.15, -0.1) is 10.2 Å². The summed E-state index contributed by atoms with van der Waals surface area (Å²) in [5.41, 5.74) is 3.12. The second-order valence-corrected chi connectivity index (χ2v) is 8.28. The Morgan fingerprint density at radius 1 is 1.21 bits per heavy atom. The van der Waals surface area contributed by atoms with Gasteiger partial charge in [0.15, 0.2) is 11.0 Å². The lowest BCUT2D eigenvalue weighted by molar-refractivity contribution is -0.119. The fourth-order valence-corrected chi connectivity index (χ4v) is 4.21. The Kier molecular flexibility index (Phi) is 7.34. The van der Waals surface area contributed by atoms with Crippen molar-refractivity contribution in [1.29, 1.82) is 0 Å². The summed E-state index contributed by atoms with van der Waals surface area (Å²) in [6.07, 6.45) is 0.958. The number of benzene rings is 2. The number of rotatable bonds is 8. The molecule has 0 aliphatic rings. The van der Waals surface area contributed by atoms with Gasteiger partial charge in [-0.1, -0.05) is 72.2 Å². The van der Waals surface area contributed by atoms with E-state index in [1.54, 1.807) is 0 Å². The Labute approximate surface area is 180 Å². The molecule has 0 fully saturated rings. The van der Waals surface area contributed by atoms with E-state index in [2.05, 4.69) is 46.1 Å². The van der Waals surface area contributed by atoms with E-state index in [9.17, 15) is 4.79 Å². The maximum absolute atomic E-state index is 12.5. The molecule has 0 radical (unpaired) electrons. The van der Waals surface area contributed by atoms with Crippen molar-refractivity contribution in [3.8, 4) is 11.4 Å². The van der Waals surface area contributed by atoms with E-state index in [-0.39, 0.29) is 17.7 Å². The standard InChI is InChI=1S/C22H25ClN4OS/c1-4-12-27-21(17-9-7-8-15(2)13-17)25-26-22(27)29-14-20(28)24-16(3)18-10-5-6-11-19(18)23/h5-11,13,16H,4,12,14H2,1-3H3,(H,24,28). The predicted molar refractivity (Wildman–Crippen MR) is 119 cm³/mol. The molecule has 1 atom stereocenters. The van der Waals surface area contributed by atoms with Gasteiger partial charge in [-0.05, 0) is 38.0 Å². The molecule has 0 aliphatic carbocycles. The predicted octanol–water partition coefficient (Wildman–Crippen LogP) is 5.29. The van der Waals surface area contributed by atoms with E-state index in [4.69, 9.17) is 11.6 Å². The van der Waals surface area contributed by atoms with Gasteiger partial charge in [0, 0.05) is 17.1 Å². The number of nitrogens with zero attached hydrogens (tertiary/aromatic N) is 3. The van der Waals surface area contributed by atoms with Gasteiger partial charge in [0.1, 0.15) is 0 Å². The van der Waals surface area contributed by atoms with Crippen molar-refractivity contribution in [2.75, 3.05) is 5.75 Å². The average Bonchev–Trinajstić information content (AvgIpc) is 3.09. The number of hydrogen-bond acceptors (Lipinski definition) is 4. The first-order valence-electron chi connectivity index (χ1n) is 9.66. The van der Waals surface area contributed by atoms with Crippen LogP contribution in [0.4, 0.5) is 0 Å². The van der Waals surface area contributed by atoms with Gasteiger partial charge >= 0.3 is 0 Å². The molecular formula is C22H25ClN4OS. The van der Waals surface area contributed by atoms with Crippen LogP contribution >= 0.6 is 23.4 Å². The highest BCUT2D eigenvalue weighted by molar-refractivity contribution is 7.99. The van der Waals surface area contributed by atoms with E-state index in [1.165, 1.54) is 17.3 Å². The molecule has 5 nitrogen and oxygen atoms in total. The third kappa shape index (κ3) is 5.40. The lowest BCUT2D eigenvalue weighted by Crippen LogP contribution is -2.28. The third-order valence-electron chi connectivity index (χ3n) is 4.52. The van der Waals surface area contributed by atoms with E-state index in [1.807, 2.05) is 43.3 Å². The Morgan fingerprint density at radius 2 is 2.00 bits per heavy atom. The zero-order valence-corrected chi connectivity index (χ0v) is 18.4. The summed E-state index contributed by atoms with van der Waals surface area (Å²) in [6.45, 7) is 6.91. The van der Waals surface area contributed by atoms with E-state index < -0.39 is 0 Å². The van der Waals surface area contributed by atoms with Gasteiger partial charge in [-0.2, -0.15) is 0 Å². The number of thioether (sulfide) groups is 1. The van der Waals surface area contributed by atoms with Crippen LogP contribution in [0, 0.1) is 6.92 Å². The van der Waals surface area contributed by atoms with Crippen LogP contribution in [0.15, 0.2) is 53.7 Å². The molecule has 1 unspecified atom stereocenters. The molecule has 29 heavy (non-hydrogen) atoms. The van der Waals surface area contributed by atoms with Gasteiger partial charge < -0.3 is 9.88 Å². The monoisotopic (exact) mass is 428 g/mol. The van der Waals surface area contributed by atoms with Crippen LogP contribution in [0.5, 0.6) is 0 Å². The molecule has 7 heteroatoms. The number of carbonyl (C=O) groups excluding carboxylic acids is 1. The molecule has 3 rings (SSSR count). The van der Waals surface area contributed by atoms with Crippen molar-refractivity contribution in [1.82, 2.24) is 20.1 Å². The molecule has 152 valence electrons. The number of aromatic nitrogens is 3. The summed E-state index contributed by atoms with van der Waals surface area (Å²) in [7, 11) is 0. The summed E-state index contributed by atoms with van der Waals surface area (Å²) in [5, 5.41) is 13.1. The summed E-state index contributed by atoms with van der Waals surface area (Å²) >= 11 is 7.63. The van der Waals surface area contributed by atoms with Crippen LogP contribution in [0.3, 0.4) is 0 Å². The summed E-state index contributed by atoms with van der Waals surface area (Å²) in [5.74, 6) is 1.04. The van der Waals surface area contributed by atoms with Crippen molar-refractivity contribution in [3.05, 3.63) is 64.7 Å². The zero-order valence-electron chi connectivity index (χ0n) is 16.9. The Hall–Kier alpha value is -2.31. The molecule has 0 spiro atoms. The maximum Gasteiger partial charge on any atom is 0.230 e. The highest BCUT2D eigenvalue weighted by atomic mass is 35.5. The van der Waals surface area contributed by atoms with Crippen LogP contribution < -0.4 is 5.32 Å². The van der Waals surface area contributed by atoms with Gasteiger partial charge in [0.25, 0.3) is 0 Å². The summed E-state index contributed by atoms with van der Waals surface area (Å²) in [6, 6.07) is 15.6. The van der Waals surface area contributed by atoms with Crippen molar-refractivity contribution in [2.45, 2.75) is 44.9 Å². The normalized spacial score (nSPS) is 12.0. The third-order valence-corrected chi connectivity index (χ3v) is 5.83. The summed E-state index contributed by atoms with van der Waals surface area (Å²) < 4.78 is 2.09. The molecule has 3 aromatic rings. The van der Waals surface area contributed by atoms with Crippen molar-refractivity contribution in [3.63, 3.8) is 0 Å². The SMILES string of the molecule is CCCn1c(SCC(=O)NC(C)c2ccccc2Cl)nnc1-c1cccc(C)c1. The van der Waals surface area contributed by atoms with Gasteiger partial charge in [-0.3, -0.25) is 4.79 Å². The van der Waals surface area contributed by atoms with E-state index >= 15 is 0 Å². The number of amides is 1. The van der Waals surface area contributed by atoms with Crippen molar-refractivity contribution >= 4 is 29.3 Å². The first-order chi connectivity index (χ1) is 14.0. The minimum atomic E-state index is -0.159. The van der Waals surface area contributed by atoms with Crippen molar-refractivity contribution in [2.24, 2.45) is 0 Å². The second kappa shape index (κ2) is 9.94. The number of aryl methyl sites for hydroxylation is 1. The molecule has 2 aromatic carbocycles. The molecule has 0 bridgehead atoms. The zero-order chi connectivity index (χ0) is 20.8. The van der Waals surface area contributed by atoms with E-state index in [0.717, 1.165) is 35.1 Å². The van der Waals surface area contributed by atoms with Crippen LogP contribution in [0.2, 0.25) is 5.02 Å². The lowest BCUT2D eigenvalue weighted by atomic mass is 10.1.